The van der Waals surface area contributed by atoms with Crippen molar-refractivity contribution in [2.75, 3.05) is 0 Å². The molecular weight excluding hydrogens is 280 g/mol. The van der Waals surface area contributed by atoms with Gasteiger partial charge in [0.1, 0.15) is 17.7 Å². The van der Waals surface area contributed by atoms with Crippen LogP contribution in [0.4, 0.5) is 0 Å². The Balaban J connectivity index is 1.81. The van der Waals surface area contributed by atoms with E-state index in [-0.39, 0.29) is 11.9 Å². The number of nitrogens with one attached hydrogen (secondary N) is 1. The fourth-order valence-electron chi connectivity index (χ4n) is 2.24. The van der Waals surface area contributed by atoms with Gasteiger partial charge in [0.2, 0.25) is 0 Å². The fourth-order valence-corrected chi connectivity index (χ4v) is 2.24. The van der Waals surface area contributed by atoms with Crippen LogP contribution >= 0.6 is 0 Å². The molecule has 7 nitrogen and oxygen atoms in total. The van der Waals surface area contributed by atoms with Crippen LogP contribution in [-0.2, 0) is 6.54 Å². The number of amides is 1. The number of rotatable bonds is 4. The number of hydrogen-bond donors (Lipinski definition) is 1. The summed E-state index contributed by atoms with van der Waals surface area (Å²) in [5.41, 5.74) is 0.904. The minimum Gasteiger partial charge on any atom is -0.343 e. The summed E-state index contributed by atoms with van der Waals surface area (Å²) in [6, 6.07) is 5.74. The van der Waals surface area contributed by atoms with Crippen molar-refractivity contribution in [2.24, 2.45) is 0 Å². The lowest BCUT2D eigenvalue weighted by atomic mass is 10.2. The summed E-state index contributed by atoms with van der Waals surface area (Å²) in [4.78, 5) is 24.9. The van der Waals surface area contributed by atoms with E-state index in [1.54, 1.807) is 17.1 Å². The Morgan fingerprint density at radius 3 is 2.91 bits per heavy atom. The van der Waals surface area contributed by atoms with E-state index in [0.717, 1.165) is 5.39 Å². The first-order valence-electron chi connectivity index (χ1n) is 7.03. The highest BCUT2D eigenvalue weighted by Crippen LogP contribution is 2.13. The van der Waals surface area contributed by atoms with Gasteiger partial charge in [-0.05, 0) is 26.0 Å². The van der Waals surface area contributed by atoms with E-state index in [2.05, 4.69) is 25.4 Å². The zero-order valence-electron chi connectivity index (χ0n) is 12.4. The Bertz CT molecular complexity index is 805. The molecule has 1 N–H and O–H groups in total. The van der Waals surface area contributed by atoms with Crippen molar-refractivity contribution < 1.29 is 4.79 Å². The molecule has 22 heavy (non-hydrogen) atoms. The lowest BCUT2D eigenvalue weighted by molar-refractivity contribution is 0.0946. The van der Waals surface area contributed by atoms with E-state index in [9.17, 15) is 4.79 Å². The molecule has 3 aromatic heterocycles. The summed E-state index contributed by atoms with van der Waals surface area (Å²) in [7, 11) is 0. The van der Waals surface area contributed by atoms with Gasteiger partial charge in [-0.25, -0.2) is 14.6 Å². The quantitative estimate of drug-likeness (QED) is 0.792. The SMILES string of the molecule is CC(C)n1ncnc1CNC(=O)c1nccc2cccnc12. The molecule has 0 unspecified atom stereocenters. The van der Waals surface area contributed by atoms with Gasteiger partial charge in [0.25, 0.3) is 5.91 Å². The van der Waals surface area contributed by atoms with E-state index in [1.807, 2.05) is 32.0 Å². The fraction of sp³-hybridized carbons (Fsp3) is 0.267. The molecule has 0 atom stereocenters. The molecule has 3 aromatic rings. The lowest BCUT2D eigenvalue weighted by Crippen LogP contribution is -2.26. The topological polar surface area (TPSA) is 85.6 Å². The Hall–Kier alpha value is -2.83. The van der Waals surface area contributed by atoms with Gasteiger partial charge in [-0.15, -0.1) is 0 Å². The summed E-state index contributed by atoms with van der Waals surface area (Å²) < 4.78 is 1.77. The second kappa shape index (κ2) is 5.88. The average Bonchev–Trinajstić information content (AvgIpc) is 3.01. The van der Waals surface area contributed by atoms with Gasteiger partial charge in [0.05, 0.1) is 6.54 Å². The van der Waals surface area contributed by atoms with Crippen LogP contribution in [0.1, 0.15) is 36.2 Å². The molecule has 0 radical (unpaired) electrons. The van der Waals surface area contributed by atoms with Crippen molar-refractivity contribution in [3.63, 3.8) is 0 Å². The lowest BCUT2D eigenvalue weighted by Gasteiger charge is -2.10. The molecule has 0 aromatic carbocycles. The van der Waals surface area contributed by atoms with Crippen molar-refractivity contribution >= 4 is 16.8 Å². The Morgan fingerprint density at radius 2 is 2.09 bits per heavy atom. The number of hydrogen-bond acceptors (Lipinski definition) is 5. The van der Waals surface area contributed by atoms with Crippen molar-refractivity contribution in [2.45, 2.75) is 26.4 Å². The maximum absolute atomic E-state index is 12.4. The molecule has 112 valence electrons. The standard InChI is InChI=1S/C15H16N6O/c1-10(2)21-12(19-9-20-21)8-18-15(22)14-13-11(5-7-17-14)4-3-6-16-13/h3-7,9-10H,8H2,1-2H3,(H,18,22). The monoisotopic (exact) mass is 296 g/mol. The summed E-state index contributed by atoms with van der Waals surface area (Å²) in [6.45, 7) is 4.31. The van der Waals surface area contributed by atoms with Crippen LogP contribution in [0.2, 0.25) is 0 Å². The molecule has 1 amide bonds. The van der Waals surface area contributed by atoms with Crippen LogP contribution in [0.25, 0.3) is 10.9 Å². The number of fused-ring (bicyclic) bond motifs is 1. The van der Waals surface area contributed by atoms with Gasteiger partial charge in [-0.3, -0.25) is 9.78 Å². The zero-order valence-corrected chi connectivity index (χ0v) is 12.4. The molecule has 3 rings (SSSR count). The van der Waals surface area contributed by atoms with Crippen LogP contribution < -0.4 is 5.32 Å². The van der Waals surface area contributed by atoms with Crippen LogP contribution in [0.3, 0.4) is 0 Å². The Kier molecular flexibility index (Phi) is 3.78. The Labute approximate surface area is 127 Å². The van der Waals surface area contributed by atoms with Crippen LogP contribution in [0.5, 0.6) is 0 Å². The minimum absolute atomic E-state index is 0.187. The molecule has 0 fully saturated rings. The van der Waals surface area contributed by atoms with Crippen LogP contribution in [0.15, 0.2) is 36.9 Å². The minimum atomic E-state index is -0.275. The van der Waals surface area contributed by atoms with E-state index >= 15 is 0 Å². The van der Waals surface area contributed by atoms with Crippen molar-refractivity contribution in [3.05, 3.63) is 48.4 Å². The summed E-state index contributed by atoms with van der Waals surface area (Å²) in [6.07, 6.45) is 4.74. The third kappa shape index (κ3) is 2.65. The van der Waals surface area contributed by atoms with E-state index in [0.29, 0.717) is 23.6 Å². The maximum atomic E-state index is 12.4. The first kappa shape index (κ1) is 14.1. The second-order valence-corrected chi connectivity index (χ2v) is 5.13. The number of carbonyl (C=O) groups excluding carboxylic acids is 1. The molecule has 0 aliphatic heterocycles. The normalized spacial score (nSPS) is 11.0. The van der Waals surface area contributed by atoms with Gasteiger partial charge >= 0.3 is 0 Å². The molecule has 0 bridgehead atoms. The van der Waals surface area contributed by atoms with E-state index in [1.165, 1.54) is 6.33 Å². The highest BCUT2D eigenvalue weighted by molar-refractivity contribution is 6.03. The summed E-state index contributed by atoms with van der Waals surface area (Å²) in [5.74, 6) is 0.430. The summed E-state index contributed by atoms with van der Waals surface area (Å²) in [5, 5.41) is 7.85. The first-order valence-corrected chi connectivity index (χ1v) is 7.03. The molecule has 0 saturated carbocycles. The van der Waals surface area contributed by atoms with Gasteiger partial charge < -0.3 is 5.32 Å². The number of carbonyl (C=O) groups is 1. The molecule has 7 heteroatoms. The predicted molar refractivity (Wildman–Crippen MR) is 81.1 cm³/mol. The molecule has 3 heterocycles. The predicted octanol–water partition coefficient (Wildman–Crippen LogP) is 1.73. The zero-order chi connectivity index (χ0) is 15.5. The van der Waals surface area contributed by atoms with Gasteiger partial charge in [-0.1, -0.05) is 6.07 Å². The smallest absolute Gasteiger partial charge is 0.272 e. The third-order valence-electron chi connectivity index (χ3n) is 3.28. The van der Waals surface area contributed by atoms with Crippen molar-refractivity contribution in [3.8, 4) is 0 Å². The van der Waals surface area contributed by atoms with Gasteiger partial charge in [-0.2, -0.15) is 5.10 Å². The molecule has 0 aliphatic rings. The average molecular weight is 296 g/mol. The number of aromatic nitrogens is 5. The number of pyridine rings is 2. The number of nitrogens with zero attached hydrogens (tertiary/aromatic N) is 5. The third-order valence-corrected chi connectivity index (χ3v) is 3.28. The molecule has 0 spiro atoms. The first-order chi connectivity index (χ1) is 10.7. The van der Waals surface area contributed by atoms with Crippen molar-refractivity contribution in [1.82, 2.24) is 30.0 Å². The molecular formula is C15H16N6O. The van der Waals surface area contributed by atoms with Gasteiger partial charge in [0.15, 0.2) is 5.69 Å². The Morgan fingerprint density at radius 1 is 1.23 bits per heavy atom. The van der Waals surface area contributed by atoms with E-state index < -0.39 is 0 Å². The van der Waals surface area contributed by atoms with Crippen molar-refractivity contribution in [1.29, 1.82) is 0 Å². The highest BCUT2D eigenvalue weighted by Gasteiger charge is 2.14. The van der Waals surface area contributed by atoms with Gasteiger partial charge in [0, 0.05) is 23.8 Å². The second-order valence-electron chi connectivity index (χ2n) is 5.13. The molecule has 0 aliphatic carbocycles. The van der Waals surface area contributed by atoms with Crippen LogP contribution in [-0.4, -0.2) is 30.6 Å². The molecule has 0 saturated heterocycles. The maximum Gasteiger partial charge on any atom is 0.272 e. The largest absolute Gasteiger partial charge is 0.343 e. The highest BCUT2D eigenvalue weighted by atomic mass is 16.1. The van der Waals surface area contributed by atoms with Crippen LogP contribution in [0, 0.1) is 0 Å². The summed E-state index contributed by atoms with van der Waals surface area (Å²) >= 11 is 0. The van der Waals surface area contributed by atoms with E-state index in [4.69, 9.17) is 0 Å².